The van der Waals surface area contributed by atoms with E-state index in [1.54, 1.807) is 42.9 Å². The van der Waals surface area contributed by atoms with Gasteiger partial charge >= 0.3 is 0 Å². The number of carbonyl (C=O) groups excluding carboxylic acids is 1. The molecule has 0 unspecified atom stereocenters. The van der Waals surface area contributed by atoms with Crippen molar-refractivity contribution in [3.05, 3.63) is 87.3 Å². The first-order valence-corrected chi connectivity index (χ1v) is 9.21. The van der Waals surface area contributed by atoms with Crippen molar-refractivity contribution in [2.75, 3.05) is 5.32 Å². The standard InChI is InChI=1S/C21H19N5O4/c1-14-20(21(29)26(24(14)2)15-7-4-3-5-8-15)22-18(27)13-25-19(28)11-10-16(23-25)17-9-6-12-30-17/h3-12H,13H2,1-2H3,(H,22,27). The van der Waals surface area contributed by atoms with Crippen molar-refractivity contribution in [3.63, 3.8) is 0 Å². The summed E-state index contributed by atoms with van der Waals surface area (Å²) in [7, 11) is 1.73. The molecule has 1 amide bonds. The van der Waals surface area contributed by atoms with Crippen molar-refractivity contribution in [1.82, 2.24) is 19.1 Å². The van der Waals surface area contributed by atoms with Crippen molar-refractivity contribution >= 4 is 11.6 Å². The second-order valence-electron chi connectivity index (χ2n) is 6.68. The minimum absolute atomic E-state index is 0.154. The SMILES string of the molecule is Cc1c(NC(=O)Cn2nc(-c3ccco3)ccc2=O)c(=O)n(-c2ccccc2)n1C. The Kier molecular flexibility index (Phi) is 4.93. The Bertz CT molecular complexity index is 1310. The zero-order valence-electron chi connectivity index (χ0n) is 16.4. The Morgan fingerprint density at radius 2 is 1.83 bits per heavy atom. The van der Waals surface area contributed by atoms with Crippen molar-refractivity contribution in [2.24, 2.45) is 7.05 Å². The Hall–Kier alpha value is -4.14. The Balaban J connectivity index is 1.61. The van der Waals surface area contributed by atoms with E-state index >= 15 is 0 Å². The Morgan fingerprint density at radius 3 is 2.53 bits per heavy atom. The highest BCUT2D eigenvalue weighted by Crippen LogP contribution is 2.16. The summed E-state index contributed by atoms with van der Waals surface area (Å²) in [5, 5.41) is 6.80. The molecule has 1 N–H and O–H groups in total. The molecule has 152 valence electrons. The predicted molar refractivity (Wildman–Crippen MR) is 111 cm³/mol. The van der Waals surface area contributed by atoms with Crippen LogP contribution >= 0.6 is 0 Å². The van der Waals surface area contributed by atoms with Gasteiger partial charge in [0.1, 0.15) is 17.9 Å². The fourth-order valence-corrected chi connectivity index (χ4v) is 3.15. The molecule has 0 radical (unpaired) electrons. The molecule has 1 aromatic carbocycles. The third kappa shape index (κ3) is 3.48. The molecule has 9 heteroatoms. The molecule has 0 saturated carbocycles. The van der Waals surface area contributed by atoms with E-state index in [-0.39, 0.29) is 17.8 Å². The third-order valence-electron chi connectivity index (χ3n) is 4.75. The Labute approximate surface area is 170 Å². The highest BCUT2D eigenvalue weighted by atomic mass is 16.3. The van der Waals surface area contributed by atoms with Gasteiger partial charge in [-0.05, 0) is 37.3 Å². The molecule has 0 aliphatic rings. The van der Waals surface area contributed by atoms with Gasteiger partial charge in [-0.2, -0.15) is 5.10 Å². The number of benzene rings is 1. The molecule has 0 aliphatic carbocycles. The van der Waals surface area contributed by atoms with Crippen molar-refractivity contribution in [1.29, 1.82) is 0 Å². The number of hydrogen-bond donors (Lipinski definition) is 1. The summed E-state index contributed by atoms with van der Waals surface area (Å²) in [5.41, 5.74) is 1.04. The largest absolute Gasteiger partial charge is 0.463 e. The van der Waals surface area contributed by atoms with Gasteiger partial charge in [-0.15, -0.1) is 0 Å². The zero-order valence-corrected chi connectivity index (χ0v) is 16.4. The maximum Gasteiger partial charge on any atom is 0.295 e. The number of furan rings is 1. The number of aromatic nitrogens is 4. The normalized spacial score (nSPS) is 10.9. The highest BCUT2D eigenvalue weighted by Gasteiger charge is 2.19. The molecular weight excluding hydrogens is 386 g/mol. The van der Waals surface area contributed by atoms with Gasteiger partial charge < -0.3 is 9.73 Å². The molecule has 4 rings (SSSR count). The fourth-order valence-electron chi connectivity index (χ4n) is 3.15. The monoisotopic (exact) mass is 405 g/mol. The van der Waals surface area contributed by atoms with Crippen LogP contribution in [0, 0.1) is 6.92 Å². The lowest BCUT2D eigenvalue weighted by atomic mass is 10.3. The van der Waals surface area contributed by atoms with E-state index in [9.17, 15) is 14.4 Å². The van der Waals surface area contributed by atoms with Crippen LogP contribution in [0.2, 0.25) is 0 Å². The first-order chi connectivity index (χ1) is 14.5. The van der Waals surface area contributed by atoms with E-state index in [1.807, 2.05) is 18.2 Å². The van der Waals surface area contributed by atoms with Crippen LogP contribution in [-0.2, 0) is 18.4 Å². The minimum atomic E-state index is -0.535. The molecule has 0 saturated heterocycles. The summed E-state index contributed by atoms with van der Waals surface area (Å²) >= 11 is 0. The second kappa shape index (κ2) is 7.70. The molecule has 0 spiro atoms. The number of amides is 1. The molecule has 0 aliphatic heterocycles. The number of hydrogen-bond acceptors (Lipinski definition) is 5. The van der Waals surface area contributed by atoms with Gasteiger partial charge in [-0.3, -0.25) is 19.1 Å². The summed E-state index contributed by atoms with van der Waals surface area (Å²) in [5.74, 6) is -0.0546. The van der Waals surface area contributed by atoms with E-state index in [1.165, 1.54) is 23.1 Å². The lowest BCUT2D eigenvalue weighted by Crippen LogP contribution is -2.30. The van der Waals surface area contributed by atoms with Crippen LogP contribution in [0.5, 0.6) is 0 Å². The van der Waals surface area contributed by atoms with Crippen LogP contribution < -0.4 is 16.4 Å². The number of anilines is 1. The number of carbonyl (C=O) groups is 1. The summed E-state index contributed by atoms with van der Waals surface area (Å²) in [4.78, 5) is 37.6. The van der Waals surface area contributed by atoms with Gasteiger partial charge in [0, 0.05) is 13.1 Å². The first-order valence-electron chi connectivity index (χ1n) is 9.21. The smallest absolute Gasteiger partial charge is 0.295 e. The van der Waals surface area contributed by atoms with Gasteiger partial charge in [0.25, 0.3) is 11.1 Å². The second-order valence-corrected chi connectivity index (χ2v) is 6.68. The number of nitrogens with zero attached hydrogens (tertiary/aromatic N) is 4. The summed E-state index contributed by atoms with van der Waals surface area (Å²) in [6, 6.07) is 15.4. The maximum atomic E-state index is 12.9. The van der Waals surface area contributed by atoms with Gasteiger partial charge in [0.2, 0.25) is 5.91 Å². The van der Waals surface area contributed by atoms with Crippen LogP contribution in [0.1, 0.15) is 5.69 Å². The molecule has 3 aromatic heterocycles. The summed E-state index contributed by atoms with van der Waals surface area (Å²) in [6.45, 7) is 1.39. The molecule has 3 heterocycles. The van der Waals surface area contributed by atoms with E-state index in [0.717, 1.165) is 4.68 Å². The van der Waals surface area contributed by atoms with Gasteiger partial charge in [0.15, 0.2) is 5.76 Å². The molecule has 0 bridgehead atoms. The van der Waals surface area contributed by atoms with Gasteiger partial charge in [-0.1, -0.05) is 18.2 Å². The first kappa shape index (κ1) is 19.2. The molecular formula is C21H19N5O4. The van der Waals surface area contributed by atoms with Crippen LogP contribution in [0.25, 0.3) is 17.1 Å². The van der Waals surface area contributed by atoms with Crippen LogP contribution in [0.15, 0.2) is 74.9 Å². The van der Waals surface area contributed by atoms with Crippen molar-refractivity contribution in [2.45, 2.75) is 13.5 Å². The number of nitrogens with one attached hydrogen (secondary N) is 1. The lowest BCUT2D eigenvalue weighted by molar-refractivity contribution is -0.117. The van der Waals surface area contributed by atoms with E-state index in [2.05, 4.69) is 10.4 Å². The average molecular weight is 405 g/mol. The predicted octanol–water partition coefficient (Wildman–Crippen LogP) is 1.94. The maximum absolute atomic E-state index is 12.9. The lowest BCUT2D eigenvalue weighted by Gasteiger charge is -2.07. The zero-order chi connectivity index (χ0) is 21.3. The average Bonchev–Trinajstić information content (AvgIpc) is 3.34. The fraction of sp³-hybridized carbons (Fsp3) is 0.143. The topological polar surface area (TPSA) is 104 Å². The molecule has 0 atom stereocenters. The molecule has 0 fully saturated rings. The van der Waals surface area contributed by atoms with Crippen LogP contribution in [0.4, 0.5) is 5.69 Å². The van der Waals surface area contributed by atoms with Crippen LogP contribution in [0.3, 0.4) is 0 Å². The Morgan fingerprint density at radius 1 is 1.07 bits per heavy atom. The molecule has 30 heavy (non-hydrogen) atoms. The van der Waals surface area contributed by atoms with Crippen LogP contribution in [-0.4, -0.2) is 25.1 Å². The van der Waals surface area contributed by atoms with E-state index in [0.29, 0.717) is 22.8 Å². The van der Waals surface area contributed by atoms with Gasteiger partial charge in [-0.25, -0.2) is 9.36 Å². The van der Waals surface area contributed by atoms with Crippen molar-refractivity contribution < 1.29 is 9.21 Å². The summed E-state index contributed by atoms with van der Waals surface area (Å²) < 4.78 is 9.44. The summed E-state index contributed by atoms with van der Waals surface area (Å²) in [6.07, 6.45) is 1.50. The van der Waals surface area contributed by atoms with E-state index < -0.39 is 11.5 Å². The number of para-hydroxylation sites is 1. The molecule has 4 aromatic rings. The quantitative estimate of drug-likeness (QED) is 0.546. The number of rotatable bonds is 5. The van der Waals surface area contributed by atoms with Crippen molar-refractivity contribution in [3.8, 4) is 17.1 Å². The third-order valence-corrected chi connectivity index (χ3v) is 4.75. The van der Waals surface area contributed by atoms with Gasteiger partial charge in [0.05, 0.1) is 17.6 Å². The minimum Gasteiger partial charge on any atom is -0.463 e. The van der Waals surface area contributed by atoms with E-state index in [4.69, 9.17) is 4.42 Å². The highest BCUT2D eigenvalue weighted by molar-refractivity contribution is 5.91. The molecule has 9 nitrogen and oxygen atoms in total.